The van der Waals surface area contributed by atoms with Gasteiger partial charge in [-0.1, -0.05) is 52.2 Å². The Labute approximate surface area is 199 Å². The summed E-state index contributed by atoms with van der Waals surface area (Å²) in [4.78, 5) is 31.7. The Morgan fingerprint density at radius 1 is 1.24 bits per heavy atom. The summed E-state index contributed by atoms with van der Waals surface area (Å²) in [5.41, 5.74) is 0.628. The molecule has 0 spiro atoms. The predicted molar refractivity (Wildman–Crippen MR) is 135 cm³/mol. The second kappa shape index (κ2) is 11.9. The Kier molecular flexibility index (Phi) is 8.92. The summed E-state index contributed by atoms with van der Waals surface area (Å²) >= 11 is 0. The van der Waals surface area contributed by atoms with Crippen LogP contribution in [-0.2, 0) is 20.0 Å². The molecule has 3 N–H and O–H groups in total. The standard InChI is InChI=1S/C25H37N5O4/c1-5-8-10-18(7-3)14-26-24-27-22-21(23(32)28-25(33)29(22)4)30(24)15-19(31)16-34-20-12-9-11-17(6-2)13-20/h9,11-13,18-19,31H,5-8,10,14-16H2,1-4H3,(H,26,27)(H,28,32,33). The average molecular weight is 472 g/mol. The Hall–Kier alpha value is -3.07. The van der Waals surface area contributed by atoms with E-state index in [-0.39, 0.29) is 24.3 Å². The highest BCUT2D eigenvalue weighted by Crippen LogP contribution is 2.19. The van der Waals surface area contributed by atoms with E-state index in [0.29, 0.717) is 24.2 Å². The molecule has 9 heteroatoms. The van der Waals surface area contributed by atoms with E-state index in [2.05, 4.69) is 36.1 Å². The summed E-state index contributed by atoms with van der Waals surface area (Å²) in [6.45, 7) is 7.26. The van der Waals surface area contributed by atoms with Crippen LogP contribution in [0.4, 0.5) is 5.95 Å². The normalized spacial score (nSPS) is 13.2. The van der Waals surface area contributed by atoms with E-state index in [4.69, 9.17) is 4.74 Å². The number of fused-ring (bicyclic) bond motifs is 1. The van der Waals surface area contributed by atoms with E-state index < -0.39 is 17.4 Å². The summed E-state index contributed by atoms with van der Waals surface area (Å²) in [6.07, 6.45) is 4.43. The number of imidazole rings is 1. The van der Waals surface area contributed by atoms with E-state index in [9.17, 15) is 14.7 Å². The highest BCUT2D eigenvalue weighted by atomic mass is 16.5. The number of aromatic amines is 1. The van der Waals surface area contributed by atoms with Crippen molar-refractivity contribution in [3.63, 3.8) is 0 Å². The molecule has 0 fully saturated rings. The zero-order chi connectivity index (χ0) is 24.7. The van der Waals surface area contributed by atoms with Crippen LogP contribution >= 0.6 is 0 Å². The van der Waals surface area contributed by atoms with Gasteiger partial charge in [0.2, 0.25) is 5.95 Å². The highest BCUT2D eigenvalue weighted by Gasteiger charge is 2.20. The molecule has 2 heterocycles. The molecule has 3 rings (SSSR count). The van der Waals surface area contributed by atoms with E-state index in [1.807, 2.05) is 24.3 Å². The first-order chi connectivity index (χ1) is 16.4. The number of aryl methyl sites for hydroxylation is 2. The van der Waals surface area contributed by atoms with Crippen molar-refractivity contribution in [1.82, 2.24) is 19.1 Å². The Bertz CT molecular complexity index is 1200. The third-order valence-corrected chi connectivity index (χ3v) is 6.24. The Morgan fingerprint density at radius 3 is 2.74 bits per heavy atom. The van der Waals surface area contributed by atoms with Gasteiger partial charge in [0.1, 0.15) is 18.5 Å². The maximum Gasteiger partial charge on any atom is 0.329 e. The summed E-state index contributed by atoms with van der Waals surface area (Å²) < 4.78 is 8.76. The van der Waals surface area contributed by atoms with Gasteiger partial charge in [-0.05, 0) is 36.5 Å². The highest BCUT2D eigenvalue weighted by molar-refractivity contribution is 5.74. The summed E-state index contributed by atoms with van der Waals surface area (Å²) in [5.74, 6) is 1.62. The van der Waals surface area contributed by atoms with Crippen LogP contribution in [-0.4, -0.2) is 43.5 Å². The molecular formula is C25H37N5O4. The fourth-order valence-corrected chi connectivity index (χ4v) is 4.04. The van der Waals surface area contributed by atoms with Crippen LogP contribution in [0.15, 0.2) is 33.9 Å². The number of hydrogen-bond acceptors (Lipinski definition) is 6. The molecule has 0 saturated carbocycles. The topological polar surface area (TPSA) is 114 Å². The van der Waals surface area contributed by atoms with Crippen molar-refractivity contribution in [3.8, 4) is 5.75 Å². The van der Waals surface area contributed by atoms with Crippen LogP contribution < -0.4 is 21.3 Å². The monoisotopic (exact) mass is 471 g/mol. The molecule has 34 heavy (non-hydrogen) atoms. The number of unbranched alkanes of at least 4 members (excludes halogenated alkanes) is 1. The largest absolute Gasteiger partial charge is 0.491 e. The Morgan fingerprint density at radius 2 is 2.03 bits per heavy atom. The van der Waals surface area contributed by atoms with Gasteiger partial charge in [-0.25, -0.2) is 4.79 Å². The third kappa shape index (κ3) is 6.08. The van der Waals surface area contributed by atoms with E-state index in [1.165, 1.54) is 4.57 Å². The minimum absolute atomic E-state index is 0.0596. The van der Waals surface area contributed by atoms with E-state index in [1.54, 1.807) is 11.6 Å². The van der Waals surface area contributed by atoms with Crippen molar-refractivity contribution in [3.05, 3.63) is 50.7 Å². The van der Waals surface area contributed by atoms with Crippen LogP contribution in [0.25, 0.3) is 11.2 Å². The number of benzene rings is 1. The number of aromatic nitrogens is 4. The van der Waals surface area contributed by atoms with Gasteiger partial charge in [0.15, 0.2) is 11.2 Å². The van der Waals surface area contributed by atoms with Crippen molar-refractivity contribution >= 4 is 17.1 Å². The average Bonchev–Trinajstić information content (AvgIpc) is 3.20. The van der Waals surface area contributed by atoms with Gasteiger partial charge in [-0.15, -0.1) is 0 Å². The molecule has 0 bridgehead atoms. The number of aliphatic hydroxyl groups excluding tert-OH is 1. The van der Waals surface area contributed by atoms with Gasteiger partial charge in [-0.3, -0.25) is 14.3 Å². The number of hydrogen-bond donors (Lipinski definition) is 3. The molecule has 0 aliphatic carbocycles. The number of rotatable bonds is 13. The first-order valence-corrected chi connectivity index (χ1v) is 12.2. The number of H-pyrrole nitrogens is 1. The molecule has 2 aromatic heterocycles. The van der Waals surface area contributed by atoms with Crippen LogP contribution in [0.1, 0.15) is 52.0 Å². The van der Waals surface area contributed by atoms with Gasteiger partial charge in [-0.2, -0.15) is 4.98 Å². The van der Waals surface area contributed by atoms with Crippen molar-refractivity contribution in [2.45, 2.75) is 65.5 Å². The molecule has 0 saturated heterocycles. The van der Waals surface area contributed by atoms with Crippen molar-refractivity contribution in [2.75, 3.05) is 18.5 Å². The lowest BCUT2D eigenvalue weighted by Crippen LogP contribution is -2.31. The maximum absolute atomic E-state index is 12.7. The molecule has 1 aromatic carbocycles. The number of nitrogens with one attached hydrogen (secondary N) is 2. The first-order valence-electron chi connectivity index (χ1n) is 12.2. The summed E-state index contributed by atoms with van der Waals surface area (Å²) in [5, 5.41) is 14.1. The number of ether oxygens (including phenoxy) is 1. The van der Waals surface area contributed by atoms with Crippen LogP contribution in [0.2, 0.25) is 0 Å². The second-order valence-electron chi connectivity index (χ2n) is 8.80. The lowest BCUT2D eigenvalue weighted by atomic mass is 9.99. The SMILES string of the molecule is CCCCC(CC)CNc1nc2c(c(=O)[nH]c(=O)n2C)n1CC(O)COc1cccc(CC)c1. The molecular weight excluding hydrogens is 434 g/mol. The molecule has 2 atom stereocenters. The predicted octanol–water partition coefficient (Wildman–Crippen LogP) is 3.05. The molecule has 9 nitrogen and oxygen atoms in total. The van der Waals surface area contributed by atoms with E-state index in [0.717, 1.165) is 37.7 Å². The lowest BCUT2D eigenvalue weighted by Gasteiger charge is -2.18. The minimum Gasteiger partial charge on any atom is -0.491 e. The maximum atomic E-state index is 12.7. The Balaban J connectivity index is 1.84. The zero-order valence-electron chi connectivity index (χ0n) is 20.6. The van der Waals surface area contributed by atoms with Crippen LogP contribution in [0.5, 0.6) is 5.75 Å². The van der Waals surface area contributed by atoms with Gasteiger partial charge in [0.05, 0.1) is 6.54 Å². The van der Waals surface area contributed by atoms with Gasteiger partial charge >= 0.3 is 5.69 Å². The first kappa shape index (κ1) is 25.6. The fraction of sp³-hybridized carbons (Fsp3) is 0.560. The van der Waals surface area contributed by atoms with E-state index >= 15 is 0 Å². The number of aliphatic hydroxyl groups is 1. The third-order valence-electron chi connectivity index (χ3n) is 6.24. The second-order valence-corrected chi connectivity index (χ2v) is 8.80. The molecule has 0 radical (unpaired) electrons. The molecule has 0 amide bonds. The molecule has 0 aliphatic heterocycles. The summed E-state index contributed by atoms with van der Waals surface area (Å²) in [7, 11) is 1.57. The number of anilines is 1. The zero-order valence-corrected chi connectivity index (χ0v) is 20.6. The van der Waals surface area contributed by atoms with Crippen LogP contribution in [0.3, 0.4) is 0 Å². The molecule has 2 unspecified atom stereocenters. The summed E-state index contributed by atoms with van der Waals surface area (Å²) in [6, 6.07) is 7.76. The van der Waals surface area contributed by atoms with Crippen LogP contribution in [0, 0.1) is 5.92 Å². The lowest BCUT2D eigenvalue weighted by molar-refractivity contribution is 0.0938. The molecule has 186 valence electrons. The fourth-order valence-electron chi connectivity index (χ4n) is 4.04. The molecule has 0 aliphatic rings. The van der Waals surface area contributed by atoms with Gasteiger partial charge in [0, 0.05) is 13.6 Å². The minimum atomic E-state index is -0.887. The van der Waals surface area contributed by atoms with Crippen molar-refractivity contribution < 1.29 is 9.84 Å². The quantitative estimate of drug-likeness (QED) is 0.353. The smallest absolute Gasteiger partial charge is 0.329 e. The molecule has 3 aromatic rings. The van der Waals surface area contributed by atoms with Crippen molar-refractivity contribution in [2.24, 2.45) is 13.0 Å². The van der Waals surface area contributed by atoms with Crippen molar-refractivity contribution in [1.29, 1.82) is 0 Å². The number of nitrogens with zero attached hydrogens (tertiary/aromatic N) is 3. The van der Waals surface area contributed by atoms with Gasteiger partial charge in [0.25, 0.3) is 5.56 Å². The van der Waals surface area contributed by atoms with Gasteiger partial charge < -0.3 is 19.7 Å².